The van der Waals surface area contributed by atoms with Crippen LogP contribution in [0.25, 0.3) is 0 Å². The van der Waals surface area contributed by atoms with Crippen LogP contribution in [0, 0.1) is 0 Å². The van der Waals surface area contributed by atoms with Crippen LogP contribution in [0.15, 0.2) is 0 Å². The van der Waals surface area contributed by atoms with Crippen molar-refractivity contribution in [3.8, 4) is 0 Å². The molecule has 0 saturated carbocycles. The lowest BCUT2D eigenvalue weighted by molar-refractivity contribution is -0.162. The maximum Gasteiger partial charge on any atom is 0.198 e. The van der Waals surface area contributed by atoms with Gasteiger partial charge >= 0.3 is 0 Å². The fourth-order valence-corrected chi connectivity index (χ4v) is 1.98. The zero-order valence-electron chi connectivity index (χ0n) is 7.62. The molecule has 4 heteroatoms. The third-order valence-electron chi connectivity index (χ3n) is 2.53. The Hall–Kier alpha value is -0.160. The van der Waals surface area contributed by atoms with E-state index in [1.54, 1.807) is 0 Å². The SMILES string of the molecule is CC1COC2(CN(C)CC2N)O1. The first-order chi connectivity index (χ1) is 5.62. The highest BCUT2D eigenvalue weighted by atomic mass is 16.7. The first-order valence-corrected chi connectivity index (χ1v) is 4.38. The summed E-state index contributed by atoms with van der Waals surface area (Å²) >= 11 is 0. The summed E-state index contributed by atoms with van der Waals surface area (Å²) in [6.45, 7) is 4.33. The summed E-state index contributed by atoms with van der Waals surface area (Å²) in [4.78, 5) is 2.14. The van der Waals surface area contributed by atoms with Crippen molar-refractivity contribution < 1.29 is 9.47 Å². The number of likely N-dealkylation sites (tertiary alicyclic amines) is 1. The molecule has 70 valence electrons. The lowest BCUT2D eigenvalue weighted by Crippen LogP contribution is -2.48. The molecular formula is C8H16N2O2. The first kappa shape index (κ1) is 8.44. The number of nitrogens with two attached hydrogens (primary N) is 1. The Kier molecular flexibility index (Phi) is 1.88. The van der Waals surface area contributed by atoms with Gasteiger partial charge in [0.05, 0.1) is 25.3 Å². The molecule has 2 saturated heterocycles. The lowest BCUT2D eigenvalue weighted by Gasteiger charge is -2.25. The summed E-state index contributed by atoms with van der Waals surface area (Å²) in [5, 5.41) is 0. The van der Waals surface area contributed by atoms with E-state index in [9.17, 15) is 0 Å². The van der Waals surface area contributed by atoms with Crippen molar-refractivity contribution >= 4 is 0 Å². The molecule has 0 bridgehead atoms. The van der Waals surface area contributed by atoms with Crippen LogP contribution in [0.5, 0.6) is 0 Å². The maximum absolute atomic E-state index is 5.94. The van der Waals surface area contributed by atoms with Crippen LogP contribution < -0.4 is 5.73 Å². The van der Waals surface area contributed by atoms with Crippen LogP contribution in [0.1, 0.15) is 6.92 Å². The molecule has 0 radical (unpaired) electrons. The van der Waals surface area contributed by atoms with E-state index in [1.807, 2.05) is 14.0 Å². The van der Waals surface area contributed by atoms with Crippen molar-refractivity contribution in [3.05, 3.63) is 0 Å². The molecule has 1 spiro atoms. The lowest BCUT2D eigenvalue weighted by atomic mass is 10.2. The van der Waals surface area contributed by atoms with E-state index in [-0.39, 0.29) is 12.1 Å². The van der Waals surface area contributed by atoms with E-state index >= 15 is 0 Å². The summed E-state index contributed by atoms with van der Waals surface area (Å²) in [6.07, 6.45) is 0.183. The second-order valence-corrected chi connectivity index (χ2v) is 3.85. The van der Waals surface area contributed by atoms with Gasteiger partial charge in [0.2, 0.25) is 0 Å². The van der Waals surface area contributed by atoms with Gasteiger partial charge < -0.3 is 15.2 Å². The van der Waals surface area contributed by atoms with Gasteiger partial charge in [0.1, 0.15) is 0 Å². The van der Waals surface area contributed by atoms with Gasteiger partial charge in [0.25, 0.3) is 0 Å². The van der Waals surface area contributed by atoms with Crippen LogP contribution in [0.3, 0.4) is 0 Å². The number of hydrogen-bond donors (Lipinski definition) is 1. The Labute approximate surface area is 72.6 Å². The van der Waals surface area contributed by atoms with E-state index in [0.29, 0.717) is 6.61 Å². The quantitative estimate of drug-likeness (QED) is 0.529. The van der Waals surface area contributed by atoms with Crippen molar-refractivity contribution in [2.24, 2.45) is 5.73 Å². The Morgan fingerprint density at radius 2 is 2.33 bits per heavy atom. The molecule has 0 amide bonds. The molecule has 2 heterocycles. The third kappa shape index (κ3) is 1.15. The minimum Gasteiger partial charge on any atom is -0.345 e. The van der Waals surface area contributed by atoms with Crippen LogP contribution in [-0.4, -0.2) is 49.6 Å². The van der Waals surface area contributed by atoms with Gasteiger partial charge in [-0.2, -0.15) is 0 Å². The van der Waals surface area contributed by atoms with Gasteiger partial charge in [-0.05, 0) is 14.0 Å². The van der Waals surface area contributed by atoms with Gasteiger partial charge in [0.15, 0.2) is 5.79 Å². The molecule has 3 atom stereocenters. The number of nitrogens with zero attached hydrogens (tertiary/aromatic N) is 1. The van der Waals surface area contributed by atoms with Gasteiger partial charge in [0, 0.05) is 6.54 Å². The van der Waals surface area contributed by atoms with E-state index < -0.39 is 5.79 Å². The van der Waals surface area contributed by atoms with E-state index in [4.69, 9.17) is 15.2 Å². The normalized spacial score (nSPS) is 49.2. The molecule has 2 aliphatic rings. The predicted octanol–water partition coefficient (Wildman–Crippen LogP) is -0.609. The maximum atomic E-state index is 5.94. The third-order valence-corrected chi connectivity index (χ3v) is 2.53. The fraction of sp³-hybridized carbons (Fsp3) is 1.00. The number of likely N-dealkylation sites (N-methyl/N-ethyl adjacent to an activating group) is 1. The summed E-state index contributed by atoms with van der Waals surface area (Å²) < 4.78 is 11.3. The van der Waals surface area contributed by atoms with Crippen molar-refractivity contribution in [1.29, 1.82) is 0 Å². The molecule has 3 unspecified atom stereocenters. The Balaban J connectivity index is 2.11. The predicted molar refractivity (Wildman–Crippen MR) is 44.7 cm³/mol. The average molecular weight is 172 g/mol. The highest BCUT2D eigenvalue weighted by molar-refractivity contribution is 4.97. The zero-order chi connectivity index (χ0) is 8.77. The van der Waals surface area contributed by atoms with Crippen LogP contribution in [0.4, 0.5) is 0 Å². The zero-order valence-corrected chi connectivity index (χ0v) is 7.62. The van der Waals surface area contributed by atoms with Gasteiger partial charge in [-0.1, -0.05) is 0 Å². The number of ether oxygens (including phenoxy) is 2. The molecule has 12 heavy (non-hydrogen) atoms. The Morgan fingerprint density at radius 3 is 2.75 bits per heavy atom. The van der Waals surface area contributed by atoms with E-state index in [2.05, 4.69) is 4.90 Å². The van der Waals surface area contributed by atoms with Crippen molar-refractivity contribution in [2.75, 3.05) is 26.7 Å². The van der Waals surface area contributed by atoms with E-state index in [0.717, 1.165) is 13.1 Å². The fourth-order valence-electron chi connectivity index (χ4n) is 1.98. The molecule has 2 fully saturated rings. The molecule has 2 aliphatic heterocycles. The number of rotatable bonds is 0. The first-order valence-electron chi connectivity index (χ1n) is 4.38. The summed E-state index contributed by atoms with van der Waals surface area (Å²) in [5.74, 6) is -0.506. The second kappa shape index (κ2) is 2.67. The smallest absolute Gasteiger partial charge is 0.198 e. The van der Waals surface area contributed by atoms with Crippen molar-refractivity contribution in [3.63, 3.8) is 0 Å². The topological polar surface area (TPSA) is 47.7 Å². The Morgan fingerprint density at radius 1 is 1.58 bits per heavy atom. The summed E-state index contributed by atoms with van der Waals surface area (Å²) in [5.41, 5.74) is 5.94. The molecule has 0 aromatic rings. The molecule has 2 N–H and O–H groups in total. The second-order valence-electron chi connectivity index (χ2n) is 3.85. The monoisotopic (exact) mass is 172 g/mol. The largest absolute Gasteiger partial charge is 0.345 e. The standard InChI is InChI=1S/C8H16N2O2/c1-6-4-11-8(12-6)5-10(2)3-7(8)9/h6-7H,3-5,9H2,1-2H3. The molecule has 0 aromatic carbocycles. The summed E-state index contributed by atoms with van der Waals surface area (Å²) in [7, 11) is 2.03. The number of hydrogen-bond acceptors (Lipinski definition) is 4. The minimum absolute atomic E-state index is 0.00699. The molecule has 4 nitrogen and oxygen atoms in total. The average Bonchev–Trinajstić information content (AvgIpc) is 2.43. The van der Waals surface area contributed by atoms with Gasteiger partial charge in [-0.3, -0.25) is 4.90 Å². The van der Waals surface area contributed by atoms with Crippen LogP contribution in [-0.2, 0) is 9.47 Å². The minimum atomic E-state index is -0.506. The van der Waals surface area contributed by atoms with E-state index in [1.165, 1.54) is 0 Å². The molecule has 2 rings (SSSR count). The van der Waals surface area contributed by atoms with Crippen molar-refractivity contribution in [2.45, 2.75) is 24.9 Å². The Bertz CT molecular complexity index is 184. The van der Waals surface area contributed by atoms with Crippen LogP contribution in [0.2, 0.25) is 0 Å². The van der Waals surface area contributed by atoms with Crippen molar-refractivity contribution in [1.82, 2.24) is 4.90 Å². The molecular weight excluding hydrogens is 156 g/mol. The van der Waals surface area contributed by atoms with Gasteiger partial charge in [-0.15, -0.1) is 0 Å². The van der Waals surface area contributed by atoms with Gasteiger partial charge in [-0.25, -0.2) is 0 Å². The molecule has 0 aromatic heterocycles. The van der Waals surface area contributed by atoms with Crippen LogP contribution >= 0.6 is 0 Å². The highest BCUT2D eigenvalue weighted by Gasteiger charge is 2.50. The highest BCUT2D eigenvalue weighted by Crippen LogP contribution is 2.31. The summed E-state index contributed by atoms with van der Waals surface area (Å²) in [6, 6.07) is -0.00699. The molecule has 0 aliphatic carbocycles.